The highest BCUT2D eigenvalue weighted by atomic mass is 16.7. The molecule has 7 unspecified atom stereocenters. The molecule has 0 aromatic carbocycles. The molecule has 0 aromatic rings. The summed E-state index contributed by atoms with van der Waals surface area (Å²) in [5.41, 5.74) is 0. The second-order valence-corrected chi connectivity index (χ2v) is 26.7. The molecular formula is C78H145NO10. The minimum atomic E-state index is -1.58. The molecule has 0 aromatic heterocycles. The monoisotopic (exact) mass is 1260 g/mol. The van der Waals surface area contributed by atoms with Crippen LogP contribution in [0.5, 0.6) is 0 Å². The van der Waals surface area contributed by atoms with Crippen LogP contribution in [-0.2, 0) is 23.8 Å². The van der Waals surface area contributed by atoms with Gasteiger partial charge in [-0.05, 0) is 77.0 Å². The zero-order chi connectivity index (χ0) is 64.4. The Morgan fingerprint density at radius 1 is 0.404 bits per heavy atom. The first kappa shape index (κ1) is 84.6. The molecule has 7 atom stereocenters. The fourth-order valence-corrected chi connectivity index (χ4v) is 12.1. The average Bonchev–Trinajstić information content (AvgIpc) is 2.32. The van der Waals surface area contributed by atoms with Crippen LogP contribution < -0.4 is 5.32 Å². The maximum atomic E-state index is 13.0. The number of allylic oxidation sites excluding steroid dienone is 7. The number of carbonyl (C=O) groups excluding carboxylic acids is 2. The molecule has 11 heteroatoms. The van der Waals surface area contributed by atoms with Crippen LogP contribution in [0.15, 0.2) is 48.6 Å². The van der Waals surface area contributed by atoms with Crippen LogP contribution in [0.25, 0.3) is 0 Å². The van der Waals surface area contributed by atoms with Gasteiger partial charge in [0.1, 0.15) is 24.4 Å². The molecule has 0 bridgehead atoms. The van der Waals surface area contributed by atoms with Gasteiger partial charge in [-0.15, -0.1) is 0 Å². The molecule has 1 rings (SSSR count). The molecule has 89 heavy (non-hydrogen) atoms. The van der Waals surface area contributed by atoms with Crippen molar-refractivity contribution >= 4 is 11.9 Å². The van der Waals surface area contributed by atoms with Gasteiger partial charge in [0.05, 0.1) is 32.0 Å². The van der Waals surface area contributed by atoms with Gasteiger partial charge in [-0.3, -0.25) is 9.59 Å². The predicted octanol–water partition coefficient (Wildman–Crippen LogP) is 20.3. The number of amides is 1. The highest BCUT2D eigenvalue weighted by Crippen LogP contribution is 2.24. The molecule has 1 amide bonds. The number of carbonyl (C=O) groups is 2. The number of hydrogen-bond acceptors (Lipinski definition) is 10. The maximum Gasteiger partial charge on any atom is 0.305 e. The van der Waals surface area contributed by atoms with Crippen LogP contribution in [0, 0.1) is 0 Å². The van der Waals surface area contributed by atoms with E-state index in [-0.39, 0.29) is 18.5 Å². The van der Waals surface area contributed by atoms with E-state index in [2.05, 4.69) is 55.6 Å². The molecule has 1 aliphatic heterocycles. The number of aliphatic hydroxyl groups is 5. The van der Waals surface area contributed by atoms with Crippen molar-refractivity contribution in [2.75, 3.05) is 19.8 Å². The molecule has 0 saturated carbocycles. The van der Waals surface area contributed by atoms with Crippen molar-refractivity contribution in [1.29, 1.82) is 0 Å². The lowest BCUT2D eigenvalue weighted by atomic mass is 9.99. The van der Waals surface area contributed by atoms with Crippen LogP contribution in [0.1, 0.15) is 373 Å². The molecule has 6 N–H and O–H groups in total. The first-order valence-corrected chi connectivity index (χ1v) is 38.4. The van der Waals surface area contributed by atoms with Crippen molar-refractivity contribution in [2.45, 2.75) is 416 Å². The Morgan fingerprint density at radius 2 is 0.753 bits per heavy atom. The summed E-state index contributed by atoms with van der Waals surface area (Å²) in [5, 5.41) is 54.4. The van der Waals surface area contributed by atoms with Gasteiger partial charge in [0.25, 0.3) is 0 Å². The van der Waals surface area contributed by atoms with Crippen molar-refractivity contribution in [3.8, 4) is 0 Å². The minimum absolute atomic E-state index is 0.0164. The van der Waals surface area contributed by atoms with E-state index in [0.29, 0.717) is 19.4 Å². The number of unbranched alkanes of at least 4 members (excludes halogenated alkanes) is 48. The van der Waals surface area contributed by atoms with Crippen LogP contribution in [0.2, 0.25) is 0 Å². The highest BCUT2D eigenvalue weighted by molar-refractivity contribution is 5.76. The van der Waals surface area contributed by atoms with E-state index < -0.39 is 49.5 Å². The van der Waals surface area contributed by atoms with E-state index in [1.165, 1.54) is 276 Å². The largest absolute Gasteiger partial charge is 0.466 e. The van der Waals surface area contributed by atoms with E-state index in [4.69, 9.17) is 14.2 Å². The molecule has 1 fully saturated rings. The van der Waals surface area contributed by atoms with Crippen LogP contribution >= 0.6 is 0 Å². The topological polar surface area (TPSA) is 175 Å². The van der Waals surface area contributed by atoms with Gasteiger partial charge in [0, 0.05) is 12.8 Å². The fourth-order valence-electron chi connectivity index (χ4n) is 12.1. The molecule has 522 valence electrons. The number of hydrogen-bond donors (Lipinski definition) is 6. The molecular weight excluding hydrogens is 1110 g/mol. The lowest BCUT2D eigenvalue weighted by Gasteiger charge is -2.40. The first-order chi connectivity index (χ1) is 43.7. The Hall–Kier alpha value is -2.38. The number of aliphatic hydroxyl groups excluding tert-OH is 5. The Bertz CT molecular complexity index is 1620. The summed E-state index contributed by atoms with van der Waals surface area (Å²) in [7, 11) is 0. The Labute approximate surface area is 548 Å². The van der Waals surface area contributed by atoms with E-state index in [9.17, 15) is 35.1 Å². The normalized spacial score (nSPS) is 17.9. The third kappa shape index (κ3) is 55.8. The van der Waals surface area contributed by atoms with Crippen LogP contribution in [0.4, 0.5) is 0 Å². The second-order valence-electron chi connectivity index (χ2n) is 26.7. The molecule has 0 radical (unpaired) electrons. The Kier molecular flexibility index (Phi) is 63.8. The molecule has 1 heterocycles. The third-order valence-corrected chi connectivity index (χ3v) is 18.1. The van der Waals surface area contributed by atoms with Gasteiger partial charge in [0.2, 0.25) is 5.91 Å². The summed E-state index contributed by atoms with van der Waals surface area (Å²) >= 11 is 0. The molecule has 0 aliphatic carbocycles. The average molecular weight is 1260 g/mol. The van der Waals surface area contributed by atoms with Crippen molar-refractivity contribution in [3.63, 3.8) is 0 Å². The van der Waals surface area contributed by atoms with E-state index in [0.717, 1.165) is 70.6 Å². The number of ether oxygens (including phenoxy) is 3. The third-order valence-electron chi connectivity index (χ3n) is 18.1. The van der Waals surface area contributed by atoms with Gasteiger partial charge in [0.15, 0.2) is 6.29 Å². The van der Waals surface area contributed by atoms with Crippen LogP contribution in [0.3, 0.4) is 0 Å². The zero-order valence-corrected chi connectivity index (χ0v) is 58.2. The smallest absolute Gasteiger partial charge is 0.305 e. The SMILES string of the molecule is CCC/C=C/CC/C=C/CC/C=C/C(O)C(COC1OC(CO)C(O)C(O)C1O)NC(=O)CCCCCCCCCCCCCCCCCCC/C=C\CCCCCCCCCCCCCCCCCCCCOC(=O)CCCCCCCCCCCCC. The summed E-state index contributed by atoms with van der Waals surface area (Å²) in [6, 6.07) is -0.831. The number of rotatable bonds is 68. The van der Waals surface area contributed by atoms with E-state index >= 15 is 0 Å². The summed E-state index contributed by atoms with van der Waals surface area (Å²) in [6.45, 7) is 4.28. The zero-order valence-electron chi connectivity index (χ0n) is 58.2. The van der Waals surface area contributed by atoms with Gasteiger partial charge >= 0.3 is 5.97 Å². The van der Waals surface area contributed by atoms with Crippen molar-refractivity contribution in [1.82, 2.24) is 5.32 Å². The van der Waals surface area contributed by atoms with Crippen molar-refractivity contribution in [2.24, 2.45) is 0 Å². The second kappa shape index (κ2) is 67.1. The Balaban J connectivity index is 1.89. The summed E-state index contributed by atoms with van der Waals surface area (Å²) in [5.74, 6) is -0.176. The van der Waals surface area contributed by atoms with Crippen molar-refractivity contribution < 1.29 is 49.3 Å². The first-order valence-electron chi connectivity index (χ1n) is 38.4. The standard InChI is InChI=1S/C78H145NO10/c1-3-5-7-9-11-13-44-48-52-56-60-64-71(81)70(69-88-78-77(86)76(85)75(84)72(68-80)89-78)79-73(82)65-61-57-53-49-46-42-40-38-36-34-32-30-28-26-24-22-20-18-16-15-17-19-21-23-25-27-29-31-33-35-37-39-41-43-47-51-55-59-63-67-87-74(83)66-62-58-54-50-45-14-12-10-8-6-4-2/h7,9,15-16,44,48,60,64,70-72,75-78,80-81,84-86H,3-6,8,10-14,17-43,45-47,49-59,61-63,65-69H2,1-2H3,(H,79,82)/b9-7+,16-15-,48-44+,64-60+. The van der Waals surface area contributed by atoms with Gasteiger partial charge < -0.3 is 45.1 Å². The van der Waals surface area contributed by atoms with Crippen LogP contribution in [-0.4, -0.2) is 100 Å². The number of esters is 1. The van der Waals surface area contributed by atoms with Gasteiger partial charge in [-0.1, -0.05) is 332 Å². The summed E-state index contributed by atoms with van der Waals surface area (Å²) in [4.78, 5) is 25.1. The number of nitrogens with one attached hydrogen (secondary N) is 1. The van der Waals surface area contributed by atoms with Gasteiger partial charge in [-0.25, -0.2) is 0 Å². The van der Waals surface area contributed by atoms with E-state index in [1.54, 1.807) is 6.08 Å². The predicted molar refractivity (Wildman–Crippen MR) is 375 cm³/mol. The lowest BCUT2D eigenvalue weighted by Crippen LogP contribution is -2.60. The van der Waals surface area contributed by atoms with E-state index in [1.807, 2.05) is 6.08 Å². The summed E-state index contributed by atoms with van der Waals surface area (Å²) in [6.07, 6.45) is 78.7. The molecule has 1 saturated heterocycles. The lowest BCUT2D eigenvalue weighted by molar-refractivity contribution is -0.302. The van der Waals surface area contributed by atoms with Gasteiger partial charge in [-0.2, -0.15) is 0 Å². The van der Waals surface area contributed by atoms with Crippen molar-refractivity contribution in [3.05, 3.63) is 48.6 Å². The fraction of sp³-hybridized carbons (Fsp3) is 0.872. The molecule has 1 aliphatic rings. The maximum absolute atomic E-state index is 13.0. The minimum Gasteiger partial charge on any atom is -0.466 e. The quantitative estimate of drug-likeness (QED) is 0.0195. The molecule has 11 nitrogen and oxygen atoms in total. The summed E-state index contributed by atoms with van der Waals surface area (Å²) < 4.78 is 16.7. The molecule has 0 spiro atoms. The Morgan fingerprint density at radius 3 is 1.16 bits per heavy atom. The highest BCUT2D eigenvalue weighted by Gasteiger charge is 2.44.